The summed E-state index contributed by atoms with van der Waals surface area (Å²) >= 11 is 11.9. The first-order valence-electron chi connectivity index (χ1n) is 6.10. The normalized spacial score (nSPS) is 15.0. The van der Waals surface area contributed by atoms with Crippen LogP contribution in [0.5, 0.6) is 0 Å². The molecule has 0 aliphatic rings. The van der Waals surface area contributed by atoms with Gasteiger partial charge >= 0.3 is 6.18 Å². The summed E-state index contributed by atoms with van der Waals surface area (Å²) in [5, 5.41) is 0.431. The summed E-state index contributed by atoms with van der Waals surface area (Å²) in [7, 11) is 0. The molecule has 0 fully saturated rings. The van der Waals surface area contributed by atoms with Crippen molar-refractivity contribution in [1.82, 2.24) is 0 Å². The Hall–Kier alpha value is 0.540. The zero-order valence-corrected chi connectivity index (χ0v) is 16.0. The van der Waals surface area contributed by atoms with E-state index in [0.717, 1.165) is 6.42 Å². The lowest BCUT2D eigenvalue weighted by Crippen LogP contribution is -2.21. The second kappa shape index (κ2) is 8.41. The maximum Gasteiger partial charge on any atom is 0.412 e. The van der Waals surface area contributed by atoms with E-state index in [0.29, 0.717) is 20.7 Å². The van der Waals surface area contributed by atoms with Gasteiger partial charge in [-0.1, -0.05) is 19.4 Å². The van der Waals surface area contributed by atoms with Gasteiger partial charge < -0.3 is 9.05 Å². The standard InChI is InChI=1S/C12H14Br2F3O2PS/c1-2-3-7-18-20(21,19-8-12(15,16)17)11-9(13)5-4-6-10(11)14/h4-6H,2-3,7-8H2,1H3. The Morgan fingerprint density at radius 2 is 1.76 bits per heavy atom. The number of benzene rings is 1. The molecule has 0 bridgehead atoms. The fourth-order valence-electron chi connectivity index (χ4n) is 1.40. The molecule has 0 N–H and O–H groups in total. The van der Waals surface area contributed by atoms with Gasteiger partial charge in [0.15, 0.2) is 6.61 Å². The molecule has 0 aliphatic heterocycles. The molecule has 0 heterocycles. The van der Waals surface area contributed by atoms with E-state index in [9.17, 15) is 13.2 Å². The van der Waals surface area contributed by atoms with Gasteiger partial charge in [-0.05, 0) is 62.2 Å². The minimum absolute atomic E-state index is 0.263. The van der Waals surface area contributed by atoms with E-state index in [1.165, 1.54) is 0 Å². The van der Waals surface area contributed by atoms with Crippen LogP contribution in [0.15, 0.2) is 27.1 Å². The summed E-state index contributed by atoms with van der Waals surface area (Å²) in [6.07, 6.45) is -2.90. The quantitative estimate of drug-likeness (QED) is 0.385. The van der Waals surface area contributed by atoms with Crippen molar-refractivity contribution in [2.24, 2.45) is 0 Å². The van der Waals surface area contributed by atoms with E-state index in [1.54, 1.807) is 18.2 Å². The summed E-state index contributed by atoms with van der Waals surface area (Å²) in [4.78, 5) is 0. The van der Waals surface area contributed by atoms with Crippen LogP contribution >= 0.6 is 38.4 Å². The highest BCUT2D eigenvalue weighted by Gasteiger charge is 2.35. The molecular weight excluding hydrogens is 456 g/mol. The predicted octanol–water partition coefficient (Wildman–Crippen LogP) is 5.54. The van der Waals surface area contributed by atoms with Gasteiger partial charge in [0.1, 0.15) is 0 Å². The summed E-state index contributed by atoms with van der Waals surface area (Å²) < 4.78 is 49.1. The minimum Gasteiger partial charge on any atom is -0.326 e. The molecule has 21 heavy (non-hydrogen) atoms. The van der Waals surface area contributed by atoms with Gasteiger partial charge in [0.05, 0.1) is 11.9 Å². The SMILES string of the molecule is CCCCOP(=S)(OCC(F)(F)F)c1c(Br)cccc1Br. The van der Waals surface area contributed by atoms with Crippen molar-refractivity contribution in [1.29, 1.82) is 0 Å². The summed E-state index contributed by atoms with van der Waals surface area (Å²) in [5.41, 5.74) is 0. The molecule has 0 amide bonds. The van der Waals surface area contributed by atoms with Crippen LogP contribution in [-0.2, 0) is 20.9 Å². The highest BCUT2D eigenvalue weighted by Crippen LogP contribution is 2.52. The van der Waals surface area contributed by atoms with Crippen LogP contribution in [0.2, 0.25) is 0 Å². The fraction of sp³-hybridized carbons (Fsp3) is 0.500. The first-order valence-corrected chi connectivity index (χ1v) is 10.3. The van der Waals surface area contributed by atoms with Gasteiger partial charge in [-0.3, -0.25) is 0 Å². The molecule has 0 saturated heterocycles. The van der Waals surface area contributed by atoms with Crippen LogP contribution < -0.4 is 5.30 Å². The van der Waals surface area contributed by atoms with Gasteiger partial charge in [-0.25, -0.2) is 0 Å². The average molecular weight is 470 g/mol. The van der Waals surface area contributed by atoms with Crippen LogP contribution in [0.4, 0.5) is 13.2 Å². The number of halogens is 5. The number of hydrogen-bond donors (Lipinski definition) is 0. The topological polar surface area (TPSA) is 18.5 Å². The highest BCUT2D eigenvalue weighted by molar-refractivity contribution is 9.11. The fourth-order valence-corrected chi connectivity index (χ4v) is 7.17. The van der Waals surface area contributed by atoms with Crippen LogP contribution in [-0.4, -0.2) is 19.4 Å². The molecule has 1 atom stereocenters. The van der Waals surface area contributed by atoms with E-state index < -0.39 is 19.3 Å². The molecule has 0 radical (unpaired) electrons. The van der Waals surface area contributed by atoms with Crippen molar-refractivity contribution in [3.63, 3.8) is 0 Å². The monoisotopic (exact) mass is 468 g/mol. The van der Waals surface area contributed by atoms with Crippen LogP contribution in [0.3, 0.4) is 0 Å². The molecule has 0 aromatic heterocycles. The lowest BCUT2D eigenvalue weighted by Gasteiger charge is -2.25. The average Bonchev–Trinajstić information content (AvgIpc) is 2.36. The second-order valence-corrected chi connectivity index (χ2v) is 9.25. The van der Waals surface area contributed by atoms with E-state index >= 15 is 0 Å². The number of unbranched alkanes of at least 4 members (excludes halogenated alkanes) is 1. The molecule has 1 rings (SSSR count). The molecule has 1 aromatic carbocycles. The van der Waals surface area contributed by atoms with Crippen molar-refractivity contribution in [2.45, 2.75) is 25.9 Å². The Bertz CT molecular complexity index is 505. The first-order chi connectivity index (χ1) is 9.69. The molecule has 0 aliphatic carbocycles. The number of hydrogen-bond acceptors (Lipinski definition) is 3. The van der Waals surface area contributed by atoms with Gasteiger partial charge in [-0.15, -0.1) is 0 Å². The molecule has 120 valence electrons. The van der Waals surface area contributed by atoms with Crippen LogP contribution in [0, 0.1) is 0 Å². The zero-order chi connectivity index (χ0) is 16.1. The third kappa shape index (κ3) is 6.28. The highest BCUT2D eigenvalue weighted by atomic mass is 79.9. The lowest BCUT2D eigenvalue weighted by molar-refractivity contribution is -0.153. The summed E-state index contributed by atoms with van der Waals surface area (Å²) in [6.45, 7) is -2.46. The molecule has 2 nitrogen and oxygen atoms in total. The Labute approximate surface area is 143 Å². The number of alkyl halides is 3. The maximum absolute atomic E-state index is 12.5. The van der Waals surface area contributed by atoms with Gasteiger partial charge in [0, 0.05) is 8.95 Å². The molecule has 1 unspecified atom stereocenters. The van der Waals surface area contributed by atoms with E-state index in [2.05, 4.69) is 31.9 Å². The van der Waals surface area contributed by atoms with Crippen molar-refractivity contribution in [3.05, 3.63) is 27.1 Å². The third-order valence-electron chi connectivity index (χ3n) is 2.37. The maximum atomic E-state index is 12.5. The second-order valence-electron chi connectivity index (χ2n) is 4.14. The van der Waals surface area contributed by atoms with E-state index in [1.807, 2.05) is 6.92 Å². The molecule has 0 spiro atoms. The first kappa shape index (κ1) is 19.6. The van der Waals surface area contributed by atoms with E-state index in [4.69, 9.17) is 20.9 Å². The van der Waals surface area contributed by atoms with Gasteiger partial charge in [-0.2, -0.15) is 13.2 Å². The van der Waals surface area contributed by atoms with Crippen LogP contribution in [0.1, 0.15) is 19.8 Å². The Morgan fingerprint density at radius 3 is 2.24 bits per heavy atom. The smallest absolute Gasteiger partial charge is 0.326 e. The molecule has 9 heteroatoms. The summed E-state index contributed by atoms with van der Waals surface area (Å²) in [6, 6.07) is 5.13. The zero-order valence-electron chi connectivity index (χ0n) is 11.1. The van der Waals surface area contributed by atoms with Crippen molar-refractivity contribution in [3.8, 4) is 0 Å². The Balaban J connectivity index is 3.09. The third-order valence-corrected chi connectivity index (χ3v) is 7.50. The van der Waals surface area contributed by atoms with Crippen LogP contribution in [0.25, 0.3) is 0 Å². The Kier molecular flexibility index (Phi) is 7.84. The molecule has 0 saturated carbocycles. The van der Waals surface area contributed by atoms with Gasteiger partial charge in [0.2, 0.25) is 6.49 Å². The Morgan fingerprint density at radius 1 is 1.19 bits per heavy atom. The van der Waals surface area contributed by atoms with Gasteiger partial charge in [0.25, 0.3) is 0 Å². The molecular formula is C12H14Br2F3O2PS. The summed E-state index contributed by atoms with van der Waals surface area (Å²) in [5.74, 6) is 0. The largest absolute Gasteiger partial charge is 0.412 e. The minimum atomic E-state index is -4.45. The predicted molar refractivity (Wildman–Crippen MR) is 88.6 cm³/mol. The number of rotatable bonds is 7. The molecule has 1 aromatic rings. The van der Waals surface area contributed by atoms with Crippen molar-refractivity contribution >= 4 is 55.5 Å². The lowest BCUT2D eigenvalue weighted by atomic mass is 10.4. The van der Waals surface area contributed by atoms with Crippen molar-refractivity contribution in [2.75, 3.05) is 13.2 Å². The van der Waals surface area contributed by atoms with E-state index in [-0.39, 0.29) is 6.61 Å². The van der Waals surface area contributed by atoms with Crippen molar-refractivity contribution < 1.29 is 22.2 Å².